The fraction of sp³-hybridized carbons (Fsp3) is 0.250. The topological polar surface area (TPSA) is 12.0 Å². The van der Waals surface area contributed by atoms with E-state index >= 15 is 0 Å². The van der Waals surface area contributed by atoms with Gasteiger partial charge in [0.15, 0.2) is 0 Å². The first-order chi connectivity index (χ1) is 9.16. The van der Waals surface area contributed by atoms with Crippen LogP contribution in [-0.4, -0.2) is 6.54 Å². The van der Waals surface area contributed by atoms with E-state index in [4.69, 9.17) is 0 Å². The molecule has 1 atom stereocenters. The number of hydrogen-bond acceptors (Lipinski definition) is 1. The Labute approximate surface area is 122 Å². The van der Waals surface area contributed by atoms with Crippen LogP contribution in [0.2, 0.25) is 0 Å². The molecule has 0 aliphatic rings. The normalized spacial score (nSPS) is 12.2. The predicted molar refractivity (Wildman–Crippen MR) is 82.1 cm³/mol. The van der Waals surface area contributed by atoms with Gasteiger partial charge in [-0.05, 0) is 52.0 Å². The van der Waals surface area contributed by atoms with Crippen molar-refractivity contribution < 1.29 is 4.39 Å². The third kappa shape index (κ3) is 4.06. The van der Waals surface area contributed by atoms with Crippen LogP contribution in [0.15, 0.2) is 53.0 Å². The third-order valence-electron chi connectivity index (χ3n) is 3.19. The molecule has 0 heterocycles. The van der Waals surface area contributed by atoms with Gasteiger partial charge in [0.05, 0.1) is 0 Å². The van der Waals surface area contributed by atoms with Gasteiger partial charge in [0.25, 0.3) is 0 Å². The van der Waals surface area contributed by atoms with Crippen LogP contribution in [-0.2, 0) is 0 Å². The molecule has 3 heteroatoms. The predicted octanol–water partition coefficient (Wildman–Crippen LogP) is 5.19. The Bertz CT molecular complexity index is 528. The van der Waals surface area contributed by atoms with Gasteiger partial charge in [-0.15, -0.1) is 0 Å². The molecule has 0 aromatic heterocycles. The third-order valence-corrected chi connectivity index (χ3v) is 3.85. The lowest BCUT2D eigenvalue weighted by molar-refractivity contribution is 0.627. The molecule has 2 rings (SSSR count). The zero-order chi connectivity index (χ0) is 13.7. The highest BCUT2D eigenvalue weighted by Crippen LogP contribution is 2.24. The van der Waals surface area contributed by atoms with Gasteiger partial charge in [0.2, 0.25) is 0 Å². The van der Waals surface area contributed by atoms with E-state index in [0.29, 0.717) is 5.92 Å². The summed E-state index contributed by atoms with van der Waals surface area (Å²) in [6.07, 6.45) is 1.04. The maximum Gasteiger partial charge on any atom is 0.124 e. The van der Waals surface area contributed by atoms with Crippen molar-refractivity contribution in [2.24, 2.45) is 0 Å². The van der Waals surface area contributed by atoms with E-state index in [0.717, 1.165) is 23.1 Å². The van der Waals surface area contributed by atoms with Gasteiger partial charge in [-0.25, -0.2) is 4.39 Å². The molecule has 1 nitrogen and oxygen atoms in total. The zero-order valence-corrected chi connectivity index (χ0v) is 12.5. The number of rotatable bonds is 5. The first-order valence-electron chi connectivity index (χ1n) is 6.40. The van der Waals surface area contributed by atoms with Crippen molar-refractivity contribution in [3.05, 3.63) is 64.4 Å². The Morgan fingerprint density at radius 2 is 1.89 bits per heavy atom. The summed E-state index contributed by atoms with van der Waals surface area (Å²) in [7, 11) is 0. The summed E-state index contributed by atoms with van der Waals surface area (Å²) in [5.74, 6) is 0.281. The van der Waals surface area contributed by atoms with Gasteiger partial charge in [-0.2, -0.15) is 0 Å². The maximum absolute atomic E-state index is 13.0. The molecule has 2 aromatic carbocycles. The van der Waals surface area contributed by atoms with Crippen LogP contribution in [0.4, 0.5) is 10.1 Å². The second-order valence-electron chi connectivity index (χ2n) is 4.65. The average Bonchev–Trinajstić information content (AvgIpc) is 2.42. The Kier molecular flexibility index (Phi) is 4.97. The van der Waals surface area contributed by atoms with Crippen molar-refractivity contribution in [3.63, 3.8) is 0 Å². The smallest absolute Gasteiger partial charge is 0.124 e. The van der Waals surface area contributed by atoms with E-state index in [2.05, 4.69) is 52.4 Å². The molecule has 0 radical (unpaired) electrons. The monoisotopic (exact) mass is 321 g/mol. The van der Waals surface area contributed by atoms with Gasteiger partial charge in [0, 0.05) is 16.7 Å². The molecule has 0 saturated heterocycles. The van der Waals surface area contributed by atoms with Crippen molar-refractivity contribution in [2.45, 2.75) is 19.3 Å². The summed E-state index contributed by atoms with van der Waals surface area (Å²) in [4.78, 5) is 0. The van der Waals surface area contributed by atoms with Crippen molar-refractivity contribution in [2.75, 3.05) is 11.9 Å². The number of anilines is 1. The summed E-state index contributed by atoms with van der Waals surface area (Å²) in [6.45, 7) is 3.08. The van der Waals surface area contributed by atoms with Crippen LogP contribution in [0.1, 0.15) is 24.8 Å². The maximum atomic E-state index is 13.0. The van der Waals surface area contributed by atoms with E-state index in [1.165, 1.54) is 17.7 Å². The minimum atomic E-state index is -0.227. The molecule has 100 valence electrons. The van der Waals surface area contributed by atoms with Crippen molar-refractivity contribution in [3.8, 4) is 0 Å². The largest absolute Gasteiger partial charge is 0.384 e. The van der Waals surface area contributed by atoms with Gasteiger partial charge < -0.3 is 5.32 Å². The van der Waals surface area contributed by atoms with Crippen LogP contribution in [0.5, 0.6) is 0 Å². The molecular weight excluding hydrogens is 305 g/mol. The second-order valence-corrected chi connectivity index (χ2v) is 5.51. The van der Waals surface area contributed by atoms with E-state index in [1.807, 2.05) is 6.07 Å². The molecule has 0 spiro atoms. The highest BCUT2D eigenvalue weighted by Gasteiger charge is 2.05. The molecule has 0 saturated carbocycles. The van der Waals surface area contributed by atoms with Crippen molar-refractivity contribution in [1.29, 1.82) is 0 Å². The van der Waals surface area contributed by atoms with Crippen LogP contribution in [0.25, 0.3) is 0 Å². The van der Waals surface area contributed by atoms with Crippen molar-refractivity contribution >= 4 is 21.6 Å². The van der Waals surface area contributed by atoms with Gasteiger partial charge >= 0.3 is 0 Å². The first kappa shape index (κ1) is 14.1. The molecule has 2 aromatic rings. The summed E-state index contributed by atoms with van der Waals surface area (Å²) < 4.78 is 13.7. The first-order valence-corrected chi connectivity index (χ1v) is 7.20. The number of halogens is 2. The summed E-state index contributed by atoms with van der Waals surface area (Å²) in [6, 6.07) is 15.2. The molecular formula is C16H17BrFN. The van der Waals surface area contributed by atoms with Gasteiger partial charge in [-0.1, -0.05) is 37.3 Å². The Hall–Kier alpha value is -1.35. The quantitative estimate of drug-likeness (QED) is 0.798. The number of nitrogens with one attached hydrogen (secondary N) is 1. The summed E-state index contributed by atoms with van der Waals surface area (Å²) >= 11 is 3.36. The van der Waals surface area contributed by atoms with Crippen molar-refractivity contribution in [1.82, 2.24) is 0 Å². The number of hydrogen-bond donors (Lipinski definition) is 1. The minimum absolute atomic E-state index is 0.227. The van der Waals surface area contributed by atoms with E-state index in [1.54, 1.807) is 6.07 Å². The molecule has 0 aliphatic carbocycles. The number of benzene rings is 2. The lowest BCUT2D eigenvalue weighted by atomic mass is 9.98. The lowest BCUT2D eigenvalue weighted by Gasteiger charge is -2.14. The van der Waals surface area contributed by atoms with E-state index < -0.39 is 0 Å². The fourth-order valence-electron chi connectivity index (χ4n) is 2.00. The molecule has 1 N–H and O–H groups in total. The Balaban J connectivity index is 1.86. The minimum Gasteiger partial charge on any atom is -0.384 e. The van der Waals surface area contributed by atoms with Crippen LogP contribution >= 0.6 is 15.9 Å². The second kappa shape index (κ2) is 6.71. The van der Waals surface area contributed by atoms with E-state index in [-0.39, 0.29) is 5.82 Å². The van der Waals surface area contributed by atoms with Crippen LogP contribution in [0.3, 0.4) is 0 Å². The fourth-order valence-corrected chi connectivity index (χ4v) is 2.50. The Morgan fingerprint density at radius 1 is 1.16 bits per heavy atom. The standard InChI is InChI=1S/C16H17BrFN/c1-12(13-5-3-2-4-6-13)9-10-19-16-8-7-14(18)11-15(16)17/h2-8,11-12,19H,9-10H2,1H3. The molecule has 0 fully saturated rings. The highest BCUT2D eigenvalue weighted by atomic mass is 79.9. The molecule has 1 unspecified atom stereocenters. The van der Waals surface area contributed by atoms with Crippen LogP contribution in [0, 0.1) is 5.82 Å². The van der Waals surface area contributed by atoms with Crippen LogP contribution < -0.4 is 5.32 Å². The summed E-state index contributed by atoms with van der Waals surface area (Å²) in [5, 5.41) is 3.33. The average molecular weight is 322 g/mol. The SMILES string of the molecule is CC(CCNc1ccc(F)cc1Br)c1ccccc1. The van der Waals surface area contributed by atoms with Gasteiger partial charge in [0.1, 0.15) is 5.82 Å². The lowest BCUT2D eigenvalue weighted by Crippen LogP contribution is -2.06. The highest BCUT2D eigenvalue weighted by molar-refractivity contribution is 9.10. The van der Waals surface area contributed by atoms with Gasteiger partial charge in [-0.3, -0.25) is 0 Å². The Morgan fingerprint density at radius 3 is 2.58 bits per heavy atom. The molecule has 0 bridgehead atoms. The molecule has 0 amide bonds. The summed E-state index contributed by atoms with van der Waals surface area (Å²) in [5.41, 5.74) is 2.28. The zero-order valence-electron chi connectivity index (χ0n) is 10.9. The molecule has 0 aliphatic heterocycles. The molecule has 19 heavy (non-hydrogen) atoms. The van der Waals surface area contributed by atoms with E-state index in [9.17, 15) is 4.39 Å².